The highest BCUT2D eigenvalue weighted by atomic mass is 35.5. The standard InChI is InChI=1S/C22H31ClF3N3O3/c1-27-13-20(30)29-11-5-4-7-18(29)21(31)28-14-9-10-15(17(23)12-14)16-6-2-3-8-19(16)32-22(24,25)26/h9,12,15-16,18-19,27H,2-8,10-11,13H2,1H3,(H,28,31). The normalized spacial score (nSPS) is 29.2. The molecule has 0 radical (unpaired) electrons. The van der Waals surface area contributed by atoms with Crippen LogP contribution in [-0.4, -0.2) is 55.4 Å². The van der Waals surface area contributed by atoms with E-state index in [1.54, 1.807) is 24.1 Å². The highest BCUT2D eigenvalue weighted by molar-refractivity contribution is 6.30. The lowest BCUT2D eigenvalue weighted by molar-refractivity contribution is -0.352. The molecular formula is C22H31ClF3N3O3. The van der Waals surface area contributed by atoms with Gasteiger partial charge in [0.2, 0.25) is 11.8 Å². The van der Waals surface area contributed by atoms with E-state index in [0.29, 0.717) is 49.4 Å². The number of likely N-dealkylation sites (tertiary alicyclic amines) is 1. The summed E-state index contributed by atoms with van der Waals surface area (Å²) in [4.78, 5) is 26.9. The molecule has 10 heteroatoms. The van der Waals surface area contributed by atoms with Crippen LogP contribution in [0.15, 0.2) is 22.9 Å². The summed E-state index contributed by atoms with van der Waals surface area (Å²) in [6.45, 7) is 0.709. The second kappa shape index (κ2) is 11.0. The van der Waals surface area contributed by atoms with E-state index in [-0.39, 0.29) is 30.2 Å². The van der Waals surface area contributed by atoms with Crippen molar-refractivity contribution in [1.82, 2.24) is 15.5 Å². The topological polar surface area (TPSA) is 70.7 Å². The first-order valence-electron chi connectivity index (χ1n) is 11.3. The van der Waals surface area contributed by atoms with E-state index in [0.717, 1.165) is 19.3 Å². The van der Waals surface area contributed by atoms with Crippen LogP contribution in [0.3, 0.4) is 0 Å². The van der Waals surface area contributed by atoms with Crippen molar-refractivity contribution < 1.29 is 27.5 Å². The van der Waals surface area contributed by atoms with Crippen LogP contribution >= 0.6 is 11.6 Å². The van der Waals surface area contributed by atoms with Crippen LogP contribution in [0.2, 0.25) is 0 Å². The van der Waals surface area contributed by atoms with Crippen molar-refractivity contribution in [1.29, 1.82) is 0 Å². The molecule has 32 heavy (non-hydrogen) atoms. The smallest absolute Gasteiger partial charge is 0.330 e. The zero-order valence-corrected chi connectivity index (χ0v) is 19.0. The molecule has 4 unspecified atom stereocenters. The minimum Gasteiger partial charge on any atom is -0.330 e. The third-order valence-electron chi connectivity index (χ3n) is 6.52. The van der Waals surface area contributed by atoms with E-state index in [2.05, 4.69) is 15.4 Å². The predicted octanol–water partition coefficient (Wildman–Crippen LogP) is 3.82. The second-order valence-corrected chi connectivity index (χ2v) is 9.14. The number of likely N-dealkylation sites (N-methyl/N-ethyl adjacent to an activating group) is 1. The summed E-state index contributed by atoms with van der Waals surface area (Å²) >= 11 is 6.50. The van der Waals surface area contributed by atoms with Crippen molar-refractivity contribution in [3.8, 4) is 0 Å². The molecule has 1 saturated carbocycles. The van der Waals surface area contributed by atoms with Crippen molar-refractivity contribution >= 4 is 23.4 Å². The van der Waals surface area contributed by atoms with Crippen LogP contribution in [-0.2, 0) is 14.3 Å². The lowest BCUT2D eigenvalue weighted by Crippen LogP contribution is -2.53. The summed E-state index contributed by atoms with van der Waals surface area (Å²) in [5.74, 6) is -0.980. The van der Waals surface area contributed by atoms with Crippen LogP contribution in [0.1, 0.15) is 51.4 Å². The quantitative estimate of drug-likeness (QED) is 0.610. The molecule has 2 N–H and O–H groups in total. The molecule has 4 atom stereocenters. The molecule has 180 valence electrons. The molecular weight excluding hydrogens is 447 g/mol. The number of carbonyl (C=O) groups is 2. The van der Waals surface area contributed by atoms with E-state index in [9.17, 15) is 22.8 Å². The molecule has 0 aromatic heterocycles. The van der Waals surface area contributed by atoms with Gasteiger partial charge >= 0.3 is 6.36 Å². The fourth-order valence-electron chi connectivity index (χ4n) is 5.03. The summed E-state index contributed by atoms with van der Waals surface area (Å²) in [5, 5.41) is 6.11. The minimum atomic E-state index is -4.67. The summed E-state index contributed by atoms with van der Waals surface area (Å²) in [6.07, 6.45) is 3.11. The number of ether oxygens (including phenoxy) is 1. The third-order valence-corrected chi connectivity index (χ3v) is 6.91. The van der Waals surface area contributed by atoms with Gasteiger partial charge < -0.3 is 15.5 Å². The molecule has 3 aliphatic rings. The number of nitrogens with zero attached hydrogens (tertiary/aromatic N) is 1. The number of amides is 2. The molecule has 0 aromatic carbocycles. The fraction of sp³-hybridized carbons (Fsp3) is 0.727. The molecule has 2 aliphatic carbocycles. The van der Waals surface area contributed by atoms with E-state index in [4.69, 9.17) is 11.6 Å². The van der Waals surface area contributed by atoms with Crippen molar-refractivity contribution in [2.75, 3.05) is 20.1 Å². The second-order valence-electron chi connectivity index (χ2n) is 8.70. The molecule has 1 saturated heterocycles. The molecule has 1 heterocycles. The largest absolute Gasteiger partial charge is 0.522 e. The Hall–Kier alpha value is -1.58. The summed E-state index contributed by atoms with van der Waals surface area (Å²) in [6, 6.07) is -0.543. The van der Waals surface area contributed by atoms with Crippen molar-refractivity contribution in [2.24, 2.45) is 11.8 Å². The Morgan fingerprint density at radius 3 is 2.59 bits per heavy atom. The van der Waals surface area contributed by atoms with Gasteiger partial charge in [0.15, 0.2) is 0 Å². The van der Waals surface area contributed by atoms with Crippen LogP contribution in [0.5, 0.6) is 0 Å². The number of hydrogen-bond acceptors (Lipinski definition) is 4. The van der Waals surface area contributed by atoms with Crippen LogP contribution in [0, 0.1) is 11.8 Å². The first-order chi connectivity index (χ1) is 15.2. The van der Waals surface area contributed by atoms with Gasteiger partial charge in [-0.3, -0.25) is 14.3 Å². The van der Waals surface area contributed by atoms with E-state index >= 15 is 0 Å². The zero-order valence-electron chi connectivity index (χ0n) is 18.2. The minimum absolute atomic E-state index is 0.119. The third kappa shape index (κ3) is 6.48. The van der Waals surface area contributed by atoms with Crippen molar-refractivity contribution in [3.63, 3.8) is 0 Å². The van der Waals surface area contributed by atoms with Gasteiger partial charge in [-0.2, -0.15) is 0 Å². The predicted molar refractivity (Wildman–Crippen MR) is 114 cm³/mol. The molecule has 0 bridgehead atoms. The number of piperidine rings is 1. The maximum absolute atomic E-state index is 12.9. The number of hydrogen-bond donors (Lipinski definition) is 2. The molecule has 0 spiro atoms. The van der Waals surface area contributed by atoms with Gasteiger partial charge in [0.1, 0.15) is 6.04 Å². The molecule has 2 fully saturated rings. The van der Waals surface area contributed by atoms with Gasteiger partial charge in [-0.25, -0.2) is 0 Å². The van der Waals surface area contributed by atoms with Gasteiger partial charge in [0.05, 0.1) is 12.6 Å². The van der Waals surface area contributed by atoms with Gasteiger partial charge in [-0.1, -0.05) is 30.5 Å². The van der Waals surface area contributed by atoms with Gasteiger partial charge in [-0.15, -0.1) is 13.2 Å². The van der Waals surface area contributed by atoms with Crippen molar-refractivity contribution in [2.45, 2.75) is 69.9 Å². The van der Waals surface area contributed by atoms with Crippen LogP contribution in [0.4, 0.5) is 13.2 Å². The Bertz CT molecular complexity index is 756. The SMILES string of the molecule is CNCC(=O)N1CCCCC1C(=O)NC1=CCC(C2CCCCC2OC(F)(F)F)C(Cl)=C1. The van der Waals surface area contributed by atoms with Gasteiger partial charge in [-0.05, 0) is 57.6 Å². The van der Waals surface area contributed by atoms with E-state index in [1.165, 1.54) is 0 Å². The van der Waals surface area contributed by atoms with Crippen molar-refractivity contribution in [3.05, 3.63) is 22.9 Å². The molecule has 0 aromatic rings. The van der Waals surface area contributed by atoms with E-state index < -0.39 is 18.5 Å². The molecule has 6 nitrogen and oxygen atoms in total. The maximum atomic E-state index is 12.9. The van der Waals surface area contributed by atoms with Gasteiger partial charge in [0, 0.05) is 23.2 Å². The average molecular weight is 478 g/mol. The number of nitrogens with one attached hydrogen (secondary N) is 2. The van der Waals surface area contributed by atoms with Crippen LogP contribution < -0.4 is 10.6 Å². The average Bonchev–Trinajstić information content (AvgIpc) is 2.73. The monoisotopic (exact) mass is 477 g/mol. The Morgan fingerprint density at radius 1 is 1.19 bits per heavy atom. The summed E-state index contributed by atoms with van der Waals surface area (Å²) < 4.78 is 42.9. The Balaban J connectivity index is 1.64. The van der Waals surface area contributed by atoms with E-state index in [1.807, 2.05) is 0 Å². The number of allylic oxidation sites excluding steroid dienone is 3. The summed E-state index contributed by atoms with van der Waals surface area (Å²) in [5.41, 5.74) is 0.520. The number of rotatable bonds is 6. The fourth-order valence-corrected chi connectivity index (χ4v) is 5.40. The van der Waals surface area contributed by atoms with Gasteiger partial charge in [0.25, 0.3) is 0 Å². The molecule has 3 rings (SSSR count). The Kier molecular flexibility index (Phi) is 8.63. The number of halogens is 4. The first-order valence-corrected chi connectivity index (χ1v) is 11.6. The highest BCUT2D eigenvalue weighted by Crippen LogP contribution is 2.42. The van der Waals surface area contributed by atoms with Crippen LogP contribution in [0.25, 0.3) is 0 Å². The summed E-state index contributed by atoms with van der Waals surface area (Å²) in [7, 11) is 1.68. The maximum Gasteiger partial charge on any atom is 0.522 e. The Morgan fingerprint density at radius 2 is 1.91 bits per heavy atom. The highest BCUT2D eigenvalue weighted by Gasteiger charge is 2.42. The first kappa shape index (κ1) is 25.1. The lowest BCUT2D eigenvalue weighted by atomic mass is 9.75. The zero-order chi connectivity index (χ0) is 23.3. The molecule has 2 amide bonds. The lowest BCUT2D eigenvalue weighted by Gasteiger charge is -2.38. The number of carbonyl (C=O) groups excluding carboxylic acids is 2. The molecule has 1 aliphatic heterocycles. The number of alkyl halides is 3. The Labute approximate surface area is 191 Å².